The van der Waals surface area contributed by atoms with E-state index in [9.17, 15) is 0 Å². The van der Waals surface area contributed by atoms with Gasteiger partial charge in [-0.3, -0.25) is 4.98 Å². The van der Waals surface area contributed by atoms with Crippen molar-refractivity contribution in [3.63, 3.8) is 0 Å². The van der Waals surface area contributed by atoms with Gasteiger partial charge in [0.2, 0.25) is 0 Å². The van der Waals surface area contributed by atoms with Gasteiger partial charge in [-0.05, 0) is 24.4 Å². The van der Waals surface area contributed by atoms with E-state index in [2.05, 4.69) is 37.3 Å². The van der Waals surface area contributed by atoms with Gasteiger partial charge in [0, 0.05) is 17.8 Å². The fourth-order valence-corrected chi connectivity index (χ4v) is 2.08. The van der Waals surface area contributed by atoms with Gasteiger partial charge in [0.15, 0.2) is 0 Å². The Morgan fingerprint density at radius 1 is 1.28 bits per heavy atom. The van der Waals surface area contributed by atoms with Crippen LogP contribution in [0, 0.1) is 0 Å². The van der Waals surface area contributed by atoms with Gasteiger partial charge in [-0.15, -0.1) is 5.10 Å². The van der Waals surface area contributed by atoms with E-state index in [1.165, 1.54) is 0 Å². The molecule has 3 aromatic rings. The molecule has 0 spiro atoms. The Morgan fingerprint density at radius 2 is 2.17 bits per heavy atom. The minimum absolute atomic E-state index is 0.194. The molecule has 2 aromatic heterocycles. The number of hydrogen-bond donors (Lipinski definition) is 0. The molecule has 1 atom stereocenters. The molecule has 0 saturated heterocycles. The summed E-state index contributed by atoms with van der Waals surface area (Å²) in [6.07, 6.45) is 5.57. The normalized spacial score (nSPS) is 12.8. The van der Waals surface area contributed by atoms with Gasteiger partial charge in [-0.2, -0.15) is 0 Å². The number of hydrogen-bond acceptors (Lipinski definition) is 3. The Bertz CT molecular complexity index is 685. The van der Waals surface area contributed by atoms with Crippen LogP contribution in [-0.4, -0.2) is 20.0 Å². The number of alkyl halides is 1. The Labute approximate surface area is 113 Å². The summed E-state index contributed by atoms with van der Waals surface area (Å²) in [5.41, 5.74) is 1.91. The van der Waals surface area contributed by atoms with Gasteiger partial charge < -0.3 is 0 Å². The molecule has 0 radical (unpaired) electrons. The molecule has 0 amide bonds. The zero-order valence-electron chi connectivity index (χ0n) is 9.79. The number of benzene rings is 1. The fraction of sp³-hybridized carbons (Fsp3) is 0.154. The van der Waals surface area contributed by atoms with E-state index in [0.29, 0.717) is 0 Å². The van der Waals surface area contributed by atoms with E-state index < -0.39 is 0 Å². The summed E-state index contributed by atoms with van der Waals surface area (Å²) in [7, 11) is 0. The molecule has 2 heterocycles. The van der Waals surface area contributed by atoms with Crippen LogP contribution >= 0.6 is 15.9 Å². The molecule has 0 bridgehead atoms. The van der Waals surface area contributed by atoms with Crippen molar-refractivity contribution in [1.82, 2.24) is 20.0 Å². The lowest BCUT2D eigenvalue weighted by atomic mass is 10.1. The Balaban J connectivity index is 2.18. The lowest BCUT2D eigenvalue weighted by Gasteiger charge is -2.04. The van der Waals surface area contributed by atoms with Crippen LogP contribution in [0.4, 0.5) is 0 Å². The van der Waals surface area contributed by atoms with Gasteiger partial charge >= 0.3 is 0 Å². The predicted molar refractivity (Wildman–Crippen MR) is 74.0 cm³/mol. The SMILES string of the molecule is CC(Br)c1cn(-c2cccc3ccncc23)nn1. The molecule has 0 aliphatic carbocycles. The van der Waals surface area contributed by atoms with E-state index in [4.69, 9.17) is 0 Å². The number of aromatic nitrogens is 4. The molecule has 90 valence electrons. The van der Waals surface area contributed by atoms with Crippen molar-refractivity contribution in [2.75, 3.05) is 0 Å². The Kier molecular flexibility index (Phi) is 2.83. The predicted octanol–water partition coefficient (Wildman–Crippen LogP) is 3.27. The number of rotatable bonds is 2. The summed E-state index contributed by atoms with van der Waals surface area (Å²) < 4.78 is 1.79. The summed E-state index contributed by atoms with van der Waals surface area (Å²) in [6.45, 7) is 2.03. The highest BCUT2D eigenvalue weighted by molar-refractivity contribution is 9.09. The molecule has 0 aliphatic heterocycles. The molecule has 1 aromatic carbocycles. The molecule has 5 heteroatoms. The van der Waals surface area contributed by atoms with Crippen LogP contribution in [-0.2, 0) is 0 Å². The highest BCUT2D eigenvalue weighted by atomic mass is 79.9. The minimum atomic E-state index is 0.194. The second-order valence-electron chi connectivity index (χ2n) is 4.08. The summed E-state index contributed by atoms with van der Waals surface area (Å²) in [4.78, 5) is 4.36. The smallest absolute Gasteiger partial charge is 0.0965 e. The first-order chi connectivity index (χ1) is 8.75. The Hall–Kier alpha value is -1.75. The molecule has 0 aliphatic rings. The number of fused-ring (bicyclic) bond motifs is 1. The topological polar surface area (TPSA) is 43.6 Å². The van der Waals surface area contributed by atoms with Crippen LogP contribution in [0.15, 0.2) is 42.9 Å². The van der Waals surface area contributed by atoms with Crippen LogP contribution in [0.25, 0.3) is 16.5 Å². The minimum Gasteiger partial charge on any atom is -0.264 e. The molecule has 1 unspecified atom stereocenters. The van der Waals surface area contributed by atoms with Crippen molar-refractivity contribution in [1.29, 1.82) is 0 Å². The number of pyridine rings is 1. The summed E-state index contributed by atoms with van der Waals surface area (Å²) in [6, 6.07) is 8.08. The lowest BCUT2D eigenvalue weighted by Crippen LogP contribution is -1.96. The van der Waals surface area contributed by atoms with E-state index in [1.54, 1.807) is 10.9 Å². The summed E-state index contributed by atoms with van der Waals surface area (Å²) in [5, 5.41) is 10.5. The number of halogens is 1. The Morgan fingerprint density at radius 3 is 2.94 bits per heavy atom. The standard InChI is InChI=1S/C13H11BrN4/c1-9(14)12-8-18(17-16-12)13-4-2-3-10-5-6-15-7-11(10)13/h2-9H,1H3. The van der Waals surface area contributed by atoms with E-state index in [0.717, 1.165) is 22.2 Å². The highest BCUT2D eigenvalue weighted by Gasteiger charge is 2.09. The average Bonchev–Trinajstić information content (AvgIpc) is 2.87. The maximum Gasteiger partial charge on any atom is 0.0965 e. The second-order valence-corrected chi connectivity index (χ2v) is 5.45. The van der Waals surface area contributed by atoms with Crippen molar-refractivity contribution in [3.05, 3.63) is 48.5 Å². The third-order valence-electron chi connectivity index (χ3n) is 2.83. The first-order valence-electron chi connectivity index (χ1n) is 5.65. The molecule has 3 rings (SSSR count). The molecular weight excluding hydrogens is 292 g/mol. The molecule has 0 N–H and O–H groups in total. The molecule has 18 heavy (non-hydrogen) atoms. The lowest BCUT2D eigenvalue weighted by molar-refractivity contribution is 0.802. The van der Waals surface area contributed by atoms with E-state index in [1.807, 2.05) is 37.5 Å². The maximum atomic E-state index is 4.17. The molecule has 0 saturated carbocycles. The van der Waals surface area contributed by atoms with Gasteiger partial charge in [-0.25, -0.2) is 4.68 Å². The van der Waals surface area contributed by atoms with Crippen LogP contribution in [0.1, 0.15) is 17.4 Å². The first kappa shape index (κ1) is 11.3. The third kappa shape index (κ3) is 1.90. The summed E-state index contributed by atoms with van der Waals surface area (Å²) in [5.74, 6) is 0. The van der Waals surface area contributed by atoms with Crippen LogP contribution < -0.4 is 0 Å². The molecule has 4 nitrogen and oxygen atoms in total. The maximum absolute atomic E-state index is 4.17. The third-order valence-corrected chi connectivity index (χ3v) is 3.30. The number of nitrogens with zero attached hydrogens (tertiary/aromatic N) is 4. The van der Waals surface area contributed by atoms with Crippen molar-refractivity contribution >= 4 is 26.7 Å². The fourth-order valence-electron chi connectivity index (χ4n) is 1.87. The van der Waals surface area contributed by atoms with Gasteiger partial charge in [-0.1, -0.05) is 33.3 Å². The first-order valence-corrected chi connectivity index (χ1v) is 6.57. The largest absolute Gasteiger partial charge is 0.264 e. The molecular formula is C13H11BrN4. The molecule has 0 fully saturated rings. The van der Waals surface area contributed by atoms with E-state index >= 15 is 0 Å². The van der Waals surface area contributed by atoms with Crippen molar-refractivity contribution < 1.29 is 0 Å². The van der Waals surface area contributed by atoms with Crippen LogP contribution in [0.3, 0.4) is 0 Å². The van der Waals surface area contributed by atoms with Crippen molar-refractivity contribution in [2.45, 2.75) is 11.8 Å². The zero-order valence-corrected chi connectivity index (χ0v) is 11.4. The van der Waals surface area contributed by atoms with E-state index in [-0.39, 0.29) is 4.83 Å². The quantitative estimate of drug-likeness (QED) is 0.682. The highest BCUT2D eigenvalue weighted by Crippen LogP contribution is 2.23. The summed E-state index contributed by atoms with van der Waals surface area (Å²) >= 11 is 3.49. The zero-order chi connectivity index (χ0) is 12.5. The average molecular weight is 303 g/mol. The van der Waals surface area contributed by atoms with Crippen molar-refractivity contribution in [3.8, 4) is 5.69 Å². The van der Waals surface area contributed by atoms with Gasteiger partial charge in [0.25, 0.3) is 0 Å². The van der Waals surface area contributed by atoms with Crippen LogP contribution in [0.2, 0.25) is 0 Å². The van der Waals surface area contributed by atoms with Gasteiger partial charge in [0.1, 0.15) is 0 Å². The van der Waals surface area contributed by atoms with Gasteiger partial charge in [0.05, 0.1) is 22.4 Å². The monoisotopic (exact) mass is 302 g/mol. The van der Waals surface area contributed by atoms with Crippen LogP contribution in [0.5, 0.6) is 0 Å². The second kappa shape index (κ2) is 4.49. The van der Waals surface area contributed by atoms with Crippen molar-refractivity contribution in [2.24, 2.45) is 0 Å².